The fourth-order valence-electron chi connectivity index (χ4n) is 1.87. The highest BCUT2D eigenvalue weighted by atomic mass is 14.0. The summed E-state index contributed by atoms with van der Waals surface area (Å²) in [5, 5.41) is 2.64. The minimum atomic E-state index is 1.01. The van der Waals surface area contributed by atoms with E-state index in [0.717, 1.165) is 12.8 Å². The smallest absolute Gasteiger partial charge is 0.0112 e. The molecule has 0 saturated carbocycles. The van der Waals surface area contributed by atoms with Gasteiger partial charge in [0.1, 0.15) is 0 Å². The van der Waals surface area contributed by atoms with E-state index in [1.165, 1.54) is 22.8 Å². The van der Waals surface area contributed by atoms with E-state index in [1.807, 2.05) is 0 Å². The summed E-state index contributed by atoms with van der Waals surface area (Å²) in [6.07, 6.45) is 7.76. The maximum atomic E-state index is 3.85. The fraction of sp³-hybridized carbons (Fsp3) is 0.188. The second-order valence-electron chi connectivity index (χ2n) is 3.97. The molecule has 0 aliphatic heterocycles. The quantitative estimate of drug-likeness (QED) is 0.631. The van der Waals surface area contributed by atoms with E-state index in [9.17, 15) is 0 Å². The minimum absolute atomic E-state index is 1.01. The molecule has 2 aromatic carbocycles. The number of rotatable bonds is 4. The number of benzene rings is 2. The van der Waals surface area contributed by atoms with E-state index < -0.39 is 0 Å². The van der Waals surface area contributed by atoms with Gasteiger partial charge in [-0.2, -0.15) is 0 Å². The number of hydrogen-bond acceptors (Lipinski definition) is 0. The van der Waals surface area contributed by atoms with Crippen molar-refractivity contribution >= 4 is 16.8 Å². The molecule has 1 radical (unpaired) electrons. The number of hydrogen-bond donors (Lipinski definition) is 0. The van der Waals surface area contributed by atoms with E-state index in [-0.39, 0.29) is 0 Å². The van der Waals surface area contributed by atoms with Crippen molar-refractivity contribution in [1.82, 2.24) is 0 Å². The van der Waals surface area contributed by atoms with Gasteiger partial charge in [-0.15, -0.1) is 0 Å². The Morgan fingerprint density at radius 3 is 2.69 bits per heavy atom. The van der Waals surface area contributed by atoms with Gasteiger partial charge in [-0.3, -0.25) is 0 Å². The summed E-state index contributed by atoms with van der Waals surface area (Å²) in [4.78, 5) is 0. The van der Waals surface area contributed by atoms with Crippen molar-refractivity contribution in [2.24, 2.45) is 0 Å². The molecule has 0 fully saturated rings. The van der Waals surface area contributed by atoms with Crippen LogP contribution in [-0.2, 0) is 0 Å². The molecule has 0 N–H and O–H groups in total. The molecule has 0 saturated heterocycles. The molecule has 81 valence electrons. The van der Waals surface area contributed by atoms with Gasteiger partial charge in [0, 0.05) is 0 Å². The third-order valence-corrected chi connectivity index (χ3v) is 2.74. The van der Waals surface area contributed by atoms with Gasteiger partial charge in [-0.25, -0.2) is 0 Å². The molecular formula is C16H17. The Bertz CT molecular complexity index is 475. The Kier molecular flexibility index (Phi) is 3.76. The van der Waals surface area contributed by atoms with Crippen LogP contribution in [0, 0.1) is 6.92 Å². The summed E-state index contributed by atoms with van der Waals surface area (Å²) in [5.74, 6) is 0. The molecule has 2 rings (SSSR count). The molecule has 0 nitrogen and oxygen atoms in total. The second kappa shape index (κ2) is 5.50. The van der Waals surface area contributed by atoms with Gasteiger partial charge in [-0.05, 0) is 29.2 Å². The molecule has 2 aromatic rings. The van der Waals surface area contributed by atoms with Crippen LogP contribution >= 0.6 is 0 Å². The average Bonchev–Trinajstić information content (AvgIpc) is 2.35. The summed E-state index contributed by atoms with van der Waals surface area (Å²) in [5.41, 5.74) is 1.31. The van der Waals surface area contributed by atoms with Crippen LogP contribution in [0.4, 0.5) is 0 Å². The summed E-state index contributed by atoms with van der Waals surface area (Å²) in [7, 11) is 0. The molecule has 0 amide bonds. The van der Waals surface area contributed by atoms with Crippen molar-refractivity contribution in [3.05, 3.63) is 61.0 Å². The van der Waals surface area contributed by atoms with Gasteiger partial charge < -0.3 is 0 Å². The van der Waals surface area contributed by atoms with Crippen molar-refractivity contribution in [1.29, 1.82) is 0 Å². The molecule has 0 atom stereocenters. The van der Waals surface area contributed by atoms with Gasteiger partial charge in [0.05, 0.1) is 0 Å². The van der Waals surface area contributed by atoms with Crippen LogP contribution in [0.15, 0.2) is 48.5 Å². The Balaban J connectivity index is 2.27. The third kappa shape index (κ3) is 2.52. The first-order chi connectivity index (χ1) is 7.92. The van der Waals surface area contributed by atoms with Crippen molar-refractivity contribution in [2.45, 2.75) is 19.3 Å². The number of unbranched alkanes of at least 4 members (excludes halogenated alkanes) is 2. The highest BCUT2D eigenvalue weighted by Gasteiger charge is 1.95. The van der Waals surface area contributed by atoms with Crippen molar-refractivity contribution in [2.75, 3.05) is 0 Å². The van der Waals surface area contributed by atoms with E-state index in [4.69, 9.17) is 0 Å². The molecule has 0 heterocycles. The van der Waals surface area contributed by atoms with Crippen LogP contribution in [-0.4, -0.2) is 0 Å². The monoisotopic (exact) mass is 209 g/mol. The normalized spacial score (nSPS) is 11.3. The first-order valence-electron chi connectivity index (χ1n) is 5.85. The van der Waals surface area contributed by atoms with E-state index >= 15 is 0 Å². The highest BCUT2D eigenvalue weighted by Crippen LogP contribution is 2.19. The third-order valence-electron chi connectivity index (χ3n) is 2.74. The highest BCUT2D eigenvalue weighted by molar-refractivity contribution is 5.90. The largest absolute Gasteiger partial charge is 0.0839 e. The molecule has 0 spiro atoms. The lowest BCUT2D eigenvalue weighted by Crippen LogP contribution is -1.77. The molecule has 0 aliphatic carbocycles. The van der Waals surface area contributed by atoms with Gasteiger partial charge in [-0.1, -0.05) is 68.0 Å². The van der Waals surface area contributed by atoms with Crippen molar-refractivity contribution < 1.29 is 0 Å². The van der Waals surface area contributed by atoms with Crippen LogP contribution in [0.1, 0.15) is 24.8 Å². The van der Waals surface area contributed by atoms with Crippen molar-refractivity contribution in [3.63, 3.8) is 0 Å². The fourth-order valence-corrected chi connectivity index (χ4v) is 1.87. The maximum absolute atomic E-state index is 3.85. The second-order valence-corrected chi connectivity index (χ2v) is 3.97. The van der Waals surface area contributed by atoms with Crippen LogP contribution < -0.4 is 0 Å². The van der Waals surface area contributed by atoms with E-state index in [0.29, 0.717) is 0 Å². The lowest BCUT2D eigenvalue weighted by Gasteiger charge is -2.01. The Morgan fingerprint density at radius 1 is 1.00 bits per heavy atom. The lowest BCUT2D eigenvalue weighted by molar-refractivity contribution is 0.868. The van der Waals surface area contributed by atoms with Crippen LogP contribution in [0.3, 0.4) is 0 Å². The van der Waals surface area contributed by atoms with Gasteiger partial charge >= 0.3 is 0 Å². The van der Waals surface area contributed by atoms with Gasteiger partial charge in [0.25, 0.3) is 0 Å². The summed E-state index contributed by atoms with van der Waals surface area (Å²) in [6, 6.07) is 14.9. The first-order valence-corrected chi connectivity index (χ1v) is 5.85. The minimum Gasteiger partial charge on any atom is -0.0839 e. The van der Waals surface area contributed by atoms with Crippen LogP contribution in [0.5, 0.6) is 0 Å². The molecule has 16 heavy (non-hydrogen) atoms. The zero-order chi connectivity index (χ0) is 11.2. The summed E-state index contributed by atoms with van der Waals surface area (Å²) in [6.45, 7) is 3.85. The Morgan fingerprint density at radius 2 is 1.81 bits per heavy atom. The lowest BCUT2D eigenvalue weighted by atomic mass is 10.0. The maximum Gasteiger partial charge on any atom is -0.0112 e. The summed E-state index contributed by atoms with van der Waals surface area (Å²) >= 11 is 0. The number of allylic oxidation sites excluding steroid dienone is 1. The van der Waals surface area contributed by atoms with E-state index in [2.05, 4.69) is 61.5 Å². The summed E-state index contributed by atoms with van der Waals surface area (Å²) < 4.78 is 0. The standard InChI is InChI=1S/C16H17/c1-2-3-4-5-9-14-11-8-12-15-10-6-7-13-16(14)15/h5-13H,1-4H2. The SMILES string of the molecule is [CH2]CCCC=Cc1cccc2ccccc12. The molecular weight excluding hydrogens is 192 g/mol. The Labute approximate surface area is 97.6 Å². The van der Waals surface area contributed by atoms with Crippen LogP contribution in [0.25, 0.3) is 16.8 Å². The van der Waals surface area contributed by atoms with Crippen LogP contribution in [0.2, 0.25) is 0 Å². The molecule has 0 bridgehead atoms. The van der Waals surface area contributed by atoms with Gasteiger partial charge in [0.2, 0.25) is 0 Å². The first kappa shape index (κ1) is 10.9. The van der Waals surface area contributed by atoms with E-state index in [1.54, 1.807) is 0 Å². The molecule has 0 aromatic heterocycles. The average molecular weight is 209 g/mol. The predicted molar refractivity (Wildman–Crippen MR) is 72.2 cm³/mol. The van der Waals surface area contributed by atoms with Crippen molar-refractivity contribution in [3.8, 4) is 0 Å². The molecule has 0 unspecified atom stereocenters. The zero-order valence-electron chi connectivity index (χ0n) is 9.52. The Hall–Kier alpha value is -1.56. The zero-order valence-corrected chi connectivity index (χ0v) is 9.52. The molecule has 0 aliphatic rings. The number of fused-ring (bicyclic) bond motifs is 1. The van der Waals surface area contributed by atoms with Gasteiger partial charge in [0.15, 0.2) is 0 Å². The molecule has 0 heteroatoms. The topological polar surface area (TPSA) is 0 Å². The predicted octanol–water partition coefficient (Wildman–Crippen LogP) is 4.86.